The molecule has 0 saturated heterocycles. The Balaban J connectivity index is 1.74. The van der Waals surface area contributed by atoms with Gasteiger partial charge in [-0.3, -0.25) is 0 Å². The molecule has 0 bridgehead atoms. The monoisotopic (exact) mass is 392 g/mol. The minimum absolute atomic E-state index is 0.150. The fourth-order valence-electron chi connectivity index (χ4n) is 2.78. The maximum absolute atomic E-state index is 11.5. The van der Waals surface area contributed by atoms with Crippen molar-refractivity contribution >= 4 is 29.0 Å². The van der Waals surface area contributed by atoms with Gasteiger partial charge in [-0.25, -0.2) is 4.79 Å². The number of aliphatic carboxylic acids is 1. The fraction of sp³-hybridized carbons (Fsp3) is 0.208. The second kappa shape index (κ2) is 8.44. The highest BCUT2D eigenvalue weighted by atomic mass is 32.1. The first-order valence-electron chi connectivity index (χ1n) is 9.26. The van der Waals surface area contributed by atoms with E-state index in [1.807, 2.05) is 53.9 Å². The third kappa shape index (κ3) is 4.70. The molecule has 1 aromatic heterocycles. The Morgan fingerprint density at radius 1 is 1.04 bits per heavy atom. The molecule has 0 saturated carbocycles. The lowest BCUT2D eigenvalue weighted by atomic mass is 9.82. The molecule has 0 unspecified atom stereocenters. The van der Waals surface area contributed by atoms with Gasteiger partial charge in [-0.15, -0.1) is 11.3 Å². The van der Waals surface area contributed by atoms with Gasteiger partial charge in [0.1, 0.15) is 11.5 Å². The number of thiophene rings is 1. The zero-order valence-corrected chi connectivity index (χ0v) is 17.1. The molecule has 0 radical (unpaired) electrons. The van der Waals surface area contributed by atoms with Crippen LogP contribution in [0, 0.1) is 0 Å². The molecular weight excluding hydrogens is 368 g/mol. The van der Waals surface area contributed by atoms with E-state index in [-0.39, 0.29) is 11.0 Å². The van der Waals surface area contributed by atoms with Crippen LogP contribution in [0.15, 0.2) is 66.0 Å². The first kappa shape index (κ1) is 19.9. The van der Waals surface area contributed by atoms with E-state index in [0.717, 1.165) is 22.6 Å². The summed E-state index contributed by atoms with van der Waals surface area (Å²) in [5.74, 6) is 0.564. The van der Waals surface area contributed by atoms with Crippen LogP contribution < -0.4 is 4.74 Å². The summed E-state index contributed by atoms with van der Waals surface area (Å²) in [5, 5.41) is 11.3. The quantitative estimate of drug-likeness (QED) is 0.447. The van der Waals surface area contributed by atoms with Gasteiger partial charge in [-0.05, 0) is 64.8 Å². The predicted octanol–water partition coefficient (Wildman–Crippen LogP) is 6.85. The summed E-state index contributed by atoms with van der Waals surface area (Å²) in [4.78, 5) is 12.3. The van der Waals surface area contributed by atoms with Gasteiger partial charge in [-0.2, -0.15) is 0 Å². The Bertz CT molecular complexity index is 950. The van der Waals surface area contributed by atoms with Crippen LogP contribution in [-0.4, -0.2) is 11.1 Å². The van der Waals surface area contributed by atoms with Crippen molar-refractivity contribution in [3.8, 4) is 11.5 Å². The van der Waals surface area contributed by atoms with Crippen molar-refractivity contribution in [3.05, 3.63) is 82.0 Å². The van der Waals surface area contributed by atoms with Crippen LogP contribution in [0.25, 0.3) is 11.6 Å². The smallest absolute Gasteiger partial charge is 0.337 e. The molecule has 0 atom stereocenters. The fourth-order valence-corrected chi connectivity index (χ4v) is 3.52. The number of ether oxygens (including phenoxy) is 1. The van der Waals surface area contributed by atoms with E-state index in [1.54, 1.807) is 6.08 Å². The molecule has 0 amide bonds. The van der Waals surface area contributed by atoms with E-state index in [4.69, 9.17) is 4.74 Å². The molecule has 1 heterocycles. The van der Waals surface area contributed by atoms with Crippen LogP contribution in [0.2, 0.25) is 0 Å². The SMILES string of the molecule is CCC(C)(C)c1ccc(Oc2ccc(/C=C(/C(=O)O)c3cccs3)cc2)cc1. The van der Waals surface area contributed by atoms with E-state index in [0.29, 0.717) is 5.75 Å². The van der Waals surface area contributed by atoms with Crippen molar-refractivity contribution in [2.45, 2.75) is 32.6 Å². The van der Waals surface area contributed by atoms with Crippen molar-refractivity contribution < 1.29 is 14.6 Å². The Hall–Kier alpha value is -2.85. The van der Waals surface area contributed by atoms with Crippen LogP contribution in [0.4, 0.5) is 0 Å². The second-order valence-corrected chi connectivity index (χ2v) is 8.22. The van der Waals surface area contributed by atoms with Crippen molar-refractivity contribution in [1.29, 1.82) is 0 Å². The number of hydrogen-bond donors (Lipinski definition) is 1. The van der Waals surface area contributed by atoms with E-state index in [9.17, 15) is 9.90 Å². The van der Waals surface area contributed by atoms with Gasteiger partial charge < -0.3 is 9.84 Å². The summed E-state index contributed by atoms with van der Waals surface area (Å²) in [6, 6.07) is 19.3. The summed E-state index contributed by atoms with van der Waals surface area (Å²) < 4.78 is 5.92. The van der Waals surface area contributed by atoms with Gasteiger partial charge in [0, 0.05) is 4.88 Å². The van der Waals surface area contributed by atoms with Gasteiger partial charge in [0.25, 0.3) is 0 Å². The summed E-state index contributed by atoms with van der Waals surface area (Å²) in [6.45, 7) is 6.65. The lowest BCUT2D eigenvalue weighted by Crippen LogP contribution is -2.14. The highest BCUT2D eigenvalue weighted by molar-refractivity contribution is 7.11. The average molecular weight is 393 g/mol. The predicted molar refractivity (Wildman–Crippen MR) is 116 cm³/mol. The zero-order chi connectivity index (χ0) is 20.1. The van der Waals surface area contributed by atoms with E-state index < -0.39 is 5.97 Å². The number of hydrogen-bond acceptors (Lipinski definition) is 3. The molecular formula is C24H24O3S. The summed E-state index contributed by atoms with van der Waals surface area (Å²) in [7, 11) is 0. The largest absolute Gasteiger partial charge is 0.478 e. The van der Waals surface area contributed by atoms with E-state index >= 15 is 0 Å². The molecule has 0 aliphatic rings. The van der Waals surface area contributed by atoms with Gasteiger partial charge >= 0.3 is 5.97 Å². The molecule has 3 rings (SSSR count). The summed E-state index contributed by atoms with van der Waals surface area (Å²) >= 11 is 1.41. The third-order valence-electron chi connectivity index (χ3n) is 4.96. The minimum atomic E-state index is -0.933. The molecule has 2 aromatic carbocycles. The number of benzene rings is 2. The number of carboxylic acids is 1. The normalized spacial score (nSPS) is 12.0. The second-order valence-electron chi connectivity index (χ2n) is 7.27. The van der Waals surface area contributed by atoms with Gasteiger partial charge in [0.15, 0.2) is 0 Å². The Labute approximate surface area is 169 Å². The topological polar surface area (TPSA) is 46.5 Å². The molecule has 1 N–H and O–H groups in total. The molecule has 4 heteroatoms. The lowest BCUT2D eigenvalue weighted by molar-refractivity contribution is -0.130. The number of rotatable bonds is 7. The average Bonchev–Trinajstić information content (AvgIpc) is 3.22. The van der Waals surface area contributed by atoms with Gasteiger partial charge in [0.2, 0.25) is 0 Å². The van der Waals surface area contributed by atoms with Crippen molar-refractivity contribution in [2.24, 2.45) is 0 Å². The molecule has 28 heavy (non-hydrogen) atoms. The minimum Gasteiger partial charge on any atom is -0.478 e. The highest BCUT2D eigenvalue weighted by Crippen LogP contribution is 2.30. The van der Waals surface area contributed by atoms with Crippen LogP contribution in [0.1, 0.15) is 43.2 Å². The van der Waals surface area contributed by atoms with Crippen LogP contribution in [-0.2, 0) is 10.2 Å². The molecule has 3 nitrogen and oxygen atoms in total. The summed E-state index contributed by atoms with van der Waals surface area (Å²) in [6.07, 6.45) is 2.76. The number of carboxylic acid groups (broad SMARTS) is 1. The first-order chi connectivity index (χ1) is 13.4. The third-order valence-corrected chi connectivity index (χ3v) is 5.87. The lowest BCUT2D eigenvalue weighted by Gasteiger charge is -2.23. The maximum atomic E-state index is 11.5. The number of carbonyl (C=O) groups is 1. The highest BCUT2D eigenvalue weighted by Gasteiger charge is 2.17. The standard InChI is InChI=1S/C24H24O3S/c1-4-24(2,3)18-9-13-20(14-10-18)27-19-11-7-17(8-12-19)16-21(23(25)26)22-6-5-15-28-22/h5-16H,4H2,1-3H3,(H,25,26)/b21-16+. The van der Waals surface area contributed by atoms with Crippen LogP contribution in [0.3, 0.4) is 0 Å². The molecule has 0 fully saturated rings. The van der Waals surface area contributed by atoms with E-state index in [2.05, 4.69) is 32.9 Å². The zero-order valence-electron chi connectivity index (χ0n) is 16.3. The van der Waals surface area contributed by atoms with Crippen LogP contribution >= 0.6 is 11.3 Å². The Morgan fingerprint density at radius 3 is 2.14 bits per heavy atom. The van der Waals surface area contributed by atoms with Gasteiger partial charge in [-0.1, -0.05) is 51.1 Å². The Kier molecular flexibility index (Phi) is 6.00. The molecule has 0 aliphatic heterocycles. The van der Waals surface area contributed by atoms with Crippen molar-refractivity contribution in [1.82, 2.24) is 0 Å². The van der Waals surface area contributed by atoms with Crippen molar-refractivity contribution in [3.63, 3.8) is 0 Å². The van der Waals surface area contributed by atoms with Crippen molar-refractivity contribution in [2.75, 3.05) is 0 Å². The van der Waals surface area contributed by atoms with E-state index in [1.165, 1.54) is 16.9 Å². The maximum Gasteiger partial charge on any atom is 0.337 e. The summed E-state index contributed by atoms with van der Waals surface area (Å²) in [5.41, 5.74) is 2.55. The molecule has 0 spiro atoms. The molecule has 3 aromatic rings. The first-order valence-corrected chi connectivity index (χ1v) is 10.1. The van der Waals surface area contributed by atoms with Crippen LogP contribution in [0.5, 0.6) is 11.5 Å². The molecule has 144 valence electrons. The van der Waals surface area contributed by atoms with Gasteiger partial charge in [0.05, 0.1) is 5.57 Å². The molecule has 0 aliphatic carbocycles. The Morgan fingerprint density at radius 2 is 1.64 bits per heavy atom.